The fourth-order valence-corrected chi connectivity index (χ4v) is 7.49. The van der Waals surface area contributed by atoms with Gasteiger partial charge in [-0.25, -0.2) is 4.98 Å². The Balaban J connectivity index is 1.50. The zero-order chi connectivity index (χ0) is 33.6. The van der Waals surface area contributed by atoms with Crippen LogP contribution in [0.1, 0.15) is 46.4 Å². The van der Waals surface area contributed by atoms with Crippen LogP contribution in [0.5, 0.6) is 0 Å². The fourth-order valence-electron chi connectivity index (χ4n) is 7.49. The third kappa shape index (κ3) is 5.13. The molecule has 4 N–H and O–H groups in total. The van der Waals surface area contributed by atoms with Crippen molar-refractivity contribution in [2.75, 3.05) is 0 Å². The molecular formula is C44H34N4O2. The van der Waals surface area contributed by atoms with Gasteiger partial charge in [-0.2, -0.15) is 0 Å². The number of aromatic amines is 2. The van der Waals surface area contributed by atoms with Gasteiger partial charge in [0.2, 0.25) is 0 Å². The number of aryl methyl sites for hydroxylation is 2. The van der Waals surface area contributed by atoms with Crippen LogP contribution in [0.2, 0.25) is 0 Å². The van der Waals surface area contributed by atoms with E-state index in [1.165, 1.54) is 0 Å². The first-order valence-corrected chi connectivity index (χ1v) is 17.0. The predicted molar refractivity (Wildman–Crippen MR) is 200 cm³/mol. The van der Waals surface area contributed by atoms with Crippen LogP contribution in [0, 0.1) is 0 Å². The molecule has 0 saturated heterocycles. The van der Waals surface area contributed by atoms with Crippen molar-refractivity contribution in [3.63, 3.8) is 0 Å². The number of aliphatic hydroxyl groups is 2. The lowest BCUT2D eigenvalue weighted by Crippen LogP contribution is -2.06. The van der Waals surface area contributed by atoms with E-state index in [1.807, 2.05) is 97.1 Å². The summed E-state index contributed by atoms with van der Waals surface area (Å²) in [5, 5.41) is 23.7. The largest absolute Gasteiger partial charge is 0.384 e. The second-order valence-corrected chi connectivity index (χ2v) is 12.8. The van der Waals surface area contributed by atoms with Crippen LogP contribution in [0.15, 0.2) is 133 Å². The highest BCUT2D eigenvalue weighted by Gasteiger charge is 2.34. The molecule has 8 bridgehead atoms. The second kappa shape index (κ2) is 12.4. The molecule has 0 amide bonds. The van der Waals surface area contributed by atoms with Crippen molar-refractivity contribution in [3.05, 3.63) is 168 Å². The SMILES string of the molecule is OC1c2[nH]c(c(-c3ccccc3)c3nc(c(-c4ccccc4)c4ccc([nH]4)c(-c4ccccc4)c4nc(c2-c2ccccc2)C=C4)CC3)C1O. The van der Waals surface area contributed by atoms with Gasteiger partial charge in [-0.1, -0.05) is 121 Å². The van der Waals surface area contributed by atoms with Crippen LogP contribution in [-0.2, 0) is 12.8 Å². The quantitative estimate of drug-likeness (QED) is 0.153. The number of aliphatic hydroxyl groups excluding tert-OH is 2. The zero-order valence-corrected chi connectivity index (χ0v) is 27.2. The molecule has 0 spiro atoms. The number of hydrogen-bond donors (Lipinski definition) is 4. The zero-order valence-electron chi connectivity index (χ0n) is 27.2. The molecule has 3 aliphatic rings. The van der Waals surface area contributed by atoms with Crippen LogP contribution in [0.25, 0.3) is 67.7 Å². The van der Waals surface area contributed by atoms with Crippen LogP contribution in [0.3, 0.4) is 0 Å². The topological polar surface area (TPSA) is 97.8 Å². The molecule has 3 aliphatic heterocycles. The van der Waals surface area contributed by atoms with Gasteiger partial charge in [0, 0.05) is 33.3 Å². The summed E-state index contributed by atoms with van der Waals surface area (Å²) in [7, 11) is 0. The minimum absolute atomic E-state index is 0.506. The Morgan fingerprint density at radius 2 is 0.820 bits per heavy atom. The van der Waals surface area contributed by atoms with Gasteiger partial charge < -0.3 is 20.2 Å². The molecule has 0 aliphatic carbocycles. The number of fused-ring (bicyclic) bond motifs is 8. The average molecular weight is 651 g/mol. The average Bonchev–Trinajstić information content (AvgIpc) is 3.99. The lowest BCUT2D eigenvalue weighted by atomic mass is 9.95. The number of hydrogen-bond acceptors (Lipinski definition) is 4. The maximum Gasteiger partial charge on any atom is 0.126 e. The van der Waals surface area contributed by atoms with E-state index in [9.17, 15) is 10.2 Å². The van der Waals surface area contributed by atoms with Crippen molar-refractivity contribution in [3.8, 4) is 44.5 Å². The number of nitrogens with one attached hydrogen (secondary N) is 2. The molecule has 50 heavy (non-hydrogen) atoms. The van der Waals surface area contributed by atoms with Crippen LogP contribution in [0.4, 0.5) is 0 Å². The Kier molecular flexibility index (Phi) is 7.46. The predicted octanol–water partition coefficient (Wildman–Crippen LogP) is 9.43. The molecule has 0 radical (unpaired) electrons. The van der Waals surface area contributed by atoms with Crippen molar-refractivity contribution < 1.29 is 10.2 Å². The van der Waals surface area contributed by atoms with Gasteiger partial charge in [0.05, 0.1) is 34.2 Å². The summed E-state index contributed by atoms with van der Waals surface area (Å²) in [5.74, 6) is 0. The highest BCUT2D eigenvalue weighted by Crippen LogP contribution is 2.44. The Hall–Kier alpha value is -6.08. The molecular weight excluding hydrogens is 617 g/mol. The third-order valence-corrected chi connectivity index (χ3v) is 9.77. The van der Waals surface area contributed by atoms with E-state index in [-0.39, 0.29) is 0 Å². The number of nitrogens with zero attached hydrogens (tertiary/aromatic N) is 2. The first-order valence-electron chi connectivity index (χ1n) is 17.0. The summed E-state index contributed by atoms with van der Waals surface area (Å²) >= 11 is 0. The summed E-state index contributed by atoms with van der Waals surface area (Å²) in [6.07, 6.45) is 3.01. The Morgan fingerprint density at radius 3 is 1.36 bits per heavy atom. The summed E-state index contributed by atoms with van der Waals surface area (Å²) < 4.78 is 0. The van der Waals surface area contributed by atoms with Gasteiger partial charge in [-0.3, -0.25) is 4.98 Å². The molecule has 0 saturated carbocycles. The lowest BCUT2D eigenvalue weighted by Gasteiger charge is -2.14. The Morgan fingerprint density at radius 1 is 0.420 bits per heavy atom. The molecule has 6 nitrogen and oxygen atoms in total. The minimum atomic E-state index is -1.21. The van der Waals surface area contributed by atoms with Crippen LogP contribution >= 0.6 is 0 Å². The number of aromatic nitrogens is 4. The summed E-state index contributed by atoms with van der Waals surface area (Å²) in [6, 6.07) is 44.9. The summed E-state index contributed by atoms with van der Waals surface area (Å²) in [5.41, 5.74) is 13.7. The normalized spacial score (nSPS) is 16.0. The molecule has 2 unspecified atom stereocenters. The fraction of sp³-hybridized carbons (Fsp3) is 0.0909. The summed E-state index contributed by atoms with van der Waals surface area (Å²) in [6.45, 7) is 0. The molecule has 9 rings (SSSR count). The minimum Gasteiger partial charge on any atom is -0.384 e. The first kappa shape index (κ1) is 30.0. The molecule has 6 heteroatoms. The Labute approximate surface area is 289 Å². The van der Waals surface area contributed by atoms with Crippen LogP contribution in [-0.4, -0.2) is 30.1 Å². The van der Waals surface area contributed by atoms with Gasteiger partial charge >= 0.3 is 0 Å². The smallest absolute Gasteiger partial charge is 0.126 e. The van der Waals surface area contributed by atoms with Crippen LogP contribution < -0.4 is 0 Å². The van der Waals surface area contributed by atoms with E-state index < -0.39 is 12.2 Å². The van der Waals surface area contributed by atoms with Crippen molar-refractivity contribution >= 4 is 23.2 Å². The molecule has 2 aromatic heterocycles. The van der Waals surface area contributed by atoms with E-state index in [0.717, 1.165) is 79.0 Å². The third-order valence-electron chi connectivity index (χ3n) is 9.77. The molecule has 5 heterocycles. The molecule has 0 fully saturated rings. The molecule has 6 aromatic rings. The van der Waals surface area contributed by atoms with Crippen molar-refractivity contribution in [1.29, 1.82) is 0 Å². The molecule has 4 aromatic carbocycles. The standard InChI is InChI=1S/C44H34N4O2/c49-43-41-39(29-17-9-3-10-18-29)35-25-23-33(46-35)37(27-13-5-1-6-14-27)31-21-22-32(45-31)38(28-15-7-2-8-16-28)34-24-26-36(47-34)40(42(48-41)44(43)50)30-19-11-4-12-20-30/h1-23,25,43-45,48-50H,24,26H2. The second-order valence-electron chi connectivity index (χ2n) is 12.8. The van der Waals surface area contributed by atoms with Gasteiger partial charge in [-0.05, 0) is 59.4 Å². The van der Waals surface area contributed by atoms with E-state index in [4.69, 9.17) is 9.97 Å². The van der Waals surface area contributed by atoms with Gasteiger partial charge in [-0.15, -0.1) is 0 Å². The van der Waals surface area contributed by atoms with Gasteiger partial charge in [0.15, 0.2) is 0 Å². The van der Waals surface area contributed by atoms with E-state index in [0.29, 0.717) is 23.5 Å². The van der Waals surface area contributed by atoms with Gasteiger partial charge in [0.25, 0.3) is 0 Å². The van der Waals surface area contributed by atoms with E-state index in [2.05, 4.69) is 58.5 Å². The van der Waals surface area contributed by atoms with Crippen molar-refractivity contribution in [2.45, 2.75) is 25.0 Å². The maximum absolute atomic E-state index is 11.9. The van der Waals surface area contributed by atoms with Crippen molar-refractivity contribution in [2.24, 2.45) is 0 Å². The summed E-state index contributed by atoms with van der Waals surface area (Å²) in [4.78, 5) is 18.0. The van der Waals surface area contributed by atoms with E-state index in [1.54, 1.807) is 0 Å². The van der Waals surface area contributed by atoms with Gasteiger partial charge in [0.1, 0.15) is 12.2 Å². The number of benzene rings is 4. The highest BCUT2D eigenvalue weighted by molar-refractivity contribution is 5.94. The van der Waals surface area contributed by atoms with Crippen molar-refractivity contribution in [1.82, 2.24) is 19.9 Å². The Bertz CT molecular complexity index is 2450. The highest BCUT2D eigenvalue weighted by atomic mass is 16.3. The lowest BCUT2D eigenvalue weighted by molar-refractivity contribution is 0.0258. The molecule has 2 atom stereocenters. The number of H-pyrrole nitrogens is 2. The monoisotopic (exact) mass is 650 g/mol. The first-order chi connectivity index (χ1) is 24.6. The van der Waals surface area contributed by atoms with E-state index >= 15 is 0 Å². The number of rotatable bonds is 4. The maximum atomic E-state index is 11.9. The molecule has 242 valence electrons.